The Morgan fingerprint density at radius 2 is 1.44 bits per heavy atom. The van der Waals surface area contributed by atoms with Gasteiger partial charge in [-0.2, -0.15) is 0 Å². The number of hydrogen-bond acceptors (Lipinski definition) is 3. The molecule has 0 aromatic heterocycles. The van der Waals surface area contributed by atoms with E-state index in [4.69, 9.17) is 9.84 Å². The first-order valence-corrected chi connectivity index (χ1v) is 6.59. The molecule has 0 aliphatic rings. The summed E-state index contributed by atoms with van der Waals surface area (Å²) >= 11 is 0. The number of unbranched alkanes of at least 4 members (excludes halogenated alkanes) is 5. The van der Waals surface area contributed by atoms with E-state index in [0.29, 0.717) is 6.61 Å². The molecule has 0 aromatic rings. The van der Waals surface area contributed by atoms with Crippen molar-refractivity contribution in [1.29, 1.82) is 0 Å². The number of methoxy groups -OCH3 is 1. The first kappa shape index (κ1) is 15.9. The van der Waals surface area contributed by atoms with Gasteiger partial charge in [0.1, 0.15) is 0 Å². The molecular formula is C13H29NO2. The normalized spacial score (nSPS) is 11.2. The Bertz CT molecular complexity index is 131. The molecule has 0 spiro atoms. The van der Waals surface area contributed by atoms with Crippen molar-refractivity contribution < 1.29 is 9.84 Å². The SMILES string of the molecule is COCCCCCCCN(C)CCCCO. The lowest BCUT2D eigenvalue weighted by Gasteiger charge is -2.15. The Morgan fingerprint density at radius 1 is 0.875 bits per heavy atom. The third-order valence-electron chi connectivity index (χ3n) is 2.84. The lowest BCUT2D eigenvalue weighted by Crippen LogP contribution is -2.21. The number of rotatable bonds is 12. The highest BCUT2D eigenvalue weighted by Gasteiger charge is 1.97. The van der Waals surface area contributed by atoms with E-state index in [2.05, 4.69) is 11.9 Å². The van der Waals surface area contributed by atoms with Gasteiger partial charge < -0.3 is 14.7 Å². The molecule has 0 unspecified atom stereocenters. The van der Waals surface area contributed by atoms with Crippen LogP contribution < -0.4 is 0 Å². The van der Waals surface area contributed by atoms with Gasteiger partial charge in [-0.05, 0) is 45.8 Å². The average Bonchev–Trinajstić information content (AvgIpc) is 2.28. The first-order valence-electron chi connectivity index (χ1n) is 6.59. The standard InChI is InChI=1S/C13H29NO2/c1-14(11-7-8-12-15)10-6-4-3-5-9-13-16-2/h15H,3-13H2,1-2H3. The van der Waals surface area contributed by atoms with Crippen LogP contribution in [0.15, 0.2) is 0 Å². The Hall–Kier alpha value is -0.120. The topological polar surface area (TPSA) is 32.7 Å². The number of aliphatic hydroxyl groups excluding tert-OH is 1. The van der Waals surface area contributed by atoms with Crippen molar-refractivity contribution in [2.45, 2.75) is 44.9 Å². The molecule has 0 rings (SSSR count). The monoisotopic (exact) mass is 231 g/mol. The Labute approximate surface area is 101 Å². The van der Waals surface area contributed by atoms with Crippen LogP contribution >= 0.6 is 0 Å². The molecule has 0 saturated heterocycles. The zero-order chi connectivity index (χ0) is 12.1. The molecule has 0 radical (unpaired) electrons. The second kappa shape index (κ2) is 12.9. The van der Waals surface area contributed by atoms with Gasteiger partial charge in [0.15, 0.2) is 0 Å². The van der Waals surface area contributed by atoms with E-state index < -0.39 is 0 Å². The summed E-state index contributed by atoms with van der Waals surface area (Å²) in [5.74, 6) is 0. The van der Waals surface area contributed by atoms with Crippen LogP contribution in [0.3, 0.4) is 0 Å². The zero-order valence-electron chi connectivity index (χ0n) is 11.1. The van der Waals surface area contributed by atoms with Crippen molar-refractivity contribution in [2.75, 3.05) is 40.5 Å². The van der Waals surface area contributed by atoms with Gasteiger partial charge in [0.2, 0.25) is 0 Å². The second-order valence-corrected chi connectivity index (χ2v) is 4.49. The predicted molar refractivity (Wildman–Crippen MR) is 68.8 cm³/mol. The molecule has 0 aliphatic heterocycles. The van der Waals surface area contributed by atoms with Crippen molar-refractivity contribution in [2.24, 2.45) is 0 Å². The molecule has 16 heavy (non-hydrogen) atoms. The van der Waals surface area contributed by atoms with Gasteiger partial charge in [-0.3, -0.25) is 0 Å². The minimum atomic E-state index is 0.327. The summed E-state index contributed by atoms with van der Waals surface area (Å²) in [6.45, 7) is 3.54. The number of ether oxygens (including phenoxy) is 1. The van der Waals surface area contributed by atoms with Crippen LogP contribution in [0.4, 0.5) is 0 Å². The van der Waals surface area contributed by atoms with Crippen LogP contribution in [-0.4, -0.2) is 50.5 Å². The summed E-state index contributed by atoms with van der Waals surface area (Å²) in [4.78, 5) is 2.37. The molecule has 3 heteroatoms. The highest BCUT2D eigenvalue weighted by Crippen LogP contribution is 2.04. The smallest absolute Gasteiger partial charge is 0.0462 e. The zero-order valence-corrected chi connectivity index (χ0v) is 11.1. The number of nitrogens with zero attached hydrogens (tertiary/aromatic N) is 1. The summed E-state index contributed by atoms with van der Waals surface area (Å²) in [5, 5.41) is 8.67. The maximum Gasteiger partial charge on any atom is 0.0462 e. The Morgan fingerprint density at radius 3 is 2.06 bits per heavy atom. The lowest BCUT2D eigenvalue weighted by molar-refractivity contribution is 0.191. The van der Waals surface area contributed by atoms with Crippen molar-refractivity contribution in [3.8, 4) is 0 Å². The fourth-order valence-corrected chi connectivity index (χ4v) is 1.76. The molecular weight excluding hydrogens is 202 g/mol. The van der Waals surface area contributed by atoms with Crippen molar-refractivity contribution in [3.63, 3.8) is 0 Å². The van der Waals surface area contributed by atoms with E-state index in [1.807, 2.05) is 0 Å². The van der Waals surface area contributed by atoms with Crippen LogP contribution in [0.2, 0.25) is 0 Å². The largest absolute Gasteiger partial charge is 0.396 e. The van der Waals surface area contributed by atoms with Gasteiger partial charge in [0.25, 0.3) is 0 Å². The molecule has 3 nitrogen and oxygen atoms in total. The summed E-state index contributed by atoms with van der Waals surface area (Å²) < 4.78 is 5.01. The van der Waals surface area contributed by atoms with E-state index in [1.54, 1.807) is 7.11 Å². The van der Waals surface area contributed by atoms with Gasteiger partial charge in [-0.1, -0.05) is 19.3 Å². The van der Waals surface area contributed by atoms with E-state index in [0.717, 1.165) is 26.0 Å². The van der Waals surface area contributed by atoms with E-state index in [-0.39, 0.29) is 0 Å². The molecule has 0 amide bonds. The molecule has 0 aliphatic carbocycles. The Kier molecular flexibility index (Phi) is 12.9. The molecule has 0 heterocycles. The minimum absolute atomic E-state index is 0.327. The summed E-state index contributed by atoms with van der Waals surface area (Å²) in [6.07, 6.45) is 8.48. The fourth-order valence-electron chi connectivity index (χ4n) is 1.76. The first-order chi connectivity index (χ1) is 7.81. The molecule has 0 fully saturated rings. The third kappa shape index (κ3) is 12.0. The van der Waals surface area contributed by atoms with Crippen molar-refractivity contribution >= 4 is 0 Å². The molecule has 98 valence electrons. The summed E-state index contributed by atoms with van der Waals surface area (Å²) in [6, 6.07) is 0. The maximum absolute atomic E-state index is 8.67. The average molecular weight is 231 g/mol. The van der Waals surface area contributed by atoms with Crippen LogP contribution in [0.1, 0.15) is 44.9 Å². The highest BCUT2D eigenvalue weighted by molar-refractivity contribution is 4.53. The van der Waals surface area contributed by atoms with Crippen molar-refractivity contribution in [1.82, 2.24) is 4.90 Å². The van der Waals surface area contributed by atoms with E-state index >= 15 is 0 Å². The number of aliphatic hydroxyl groups is 1. The van der Waals surface area contributed by atoms with Gasteiger partial charge in [-0.15, -0.1) is 0 Å². The second-order valence-electron chi connectivity index (χ2n) is 4.49. The van der Waals surface area contributed by atoms with Gasteiger partial charge in [0, 0.05) is 20.3 Å². The van der Waals surface area contributed by atoms with Gasteiger partial charge in [-0.25, -0.2) is 0 Å². The maximum atomic E-state index is 8.67. The summed E-state index contributed by atoms with van der Waals surface area (Å²) in [5.41, 5.74) is 0. The molecule has 0 atom stereocenters. The molecule has 1 N–H and O–H groups in total. The minimum Gasteiger partial charge on any atom is -0.396 e. The fraction of sp³-hybridized carbons (Fsp3) is 1.00. The number of hydrogen-bond donors (Lipinski definition) is 1. The van der Waals surface area contributed by atoms with Crippen LogP contribution in [0.25, 0.3) is 0 Å². The molecule has 0 saturated carbocycles. The molecule has 0 bridgehead atoms. The molecule has 0 aromatic carbocycles. The van der Waals surface area contributed by atoms with Crippen LogP contribution in [0.5, 0.6) is 0 Å². The quantitative estimate of drug-likeness (QED) is 0.523. The summed E-state index contributed by atoms with van der Waals surface area (Å²) in [7, 11) is 3.93. The van der Waals surface area contributed by atoms with Crippen molar-refractivity contribution in [3.05, 3.63) is 0 Å². The van der Waals surface area contributed by atoms with Gasteiger partial charge >= 0.3 is 0 Å². The predicted octanol–water partition coefficient (Wildman–Crippen LogP) is 2.29. The Balaban J connectivity index is 3.06. The lowest BCUT2D eigenvalue weighted by atomic mass is 10.1. The third-order valence-corrected chi connectivity index (χ3v) is 2.84. The highest BCUT2D eigenvalue weighted by atomic mass is 16.5. The van der Waals surface area contributed by atoms with Crippen LogP contribution in [-0.2, 0) is 4.74 Å². The van der Waals surface area contributed by atoms with E-state index in [1.165, 1.54) is 38.6 Å². The van der Waals surface area contributed by atoms with E-state index in [9.17, 15) is 0 Å². The van der Waals surface area contributed by atoms with Gasteiger partial charge in [0.05, 0.1) is 0 Å². The van der Waals surface area contributed by atoms with Crippen LogP contribution in [0, 0.1) is 0 Å².